The molecule has 0 heterocycles. The first-order valence-electron chi connectivity index (χ1n) is 7.95. The number of carbonyl (C=O) groups is 2. The second kappa shape index (κ2) is 8.73. The van der Waals surface area contributed by atoms with E-state index in [4.69, 9.17) is 15.2 Å². The molecule has 0 radical (unpaired) electrons. The van der Waals surface area contributed by atoms with Gasteiger partial charge in [0.05, 0.1) is 12.1 Å². The van der Waals surface area contributed by atoms with E-state index >= 15 is 0 Å². The molecular weight excluding hydrogens is 320 g/mol. The quantitative estimate of drug-likeness (QED) is 0.457. The molecule has 0 atom stereocenters. The molecule has 6 heteroatoms. The van der Waals surface area contributed by atoms with Gasteiger partial charge in [-0.05, 0) is 49.7 Å². The van der Waals surface area contributed by atoms with Gasteiger partial charge in [0.15, 0.2) is 6.61 Å². The van der Waals surface area contributed by atoms with Gasteiger partial charge in [-0.2, -0.15) is 0 Å². The summed E-state index contributed by atoms with van der Waals surface area (Å²) in [5.41, 5.74) is 8.66. The van der Waals surface area contributed by atoms with Gasteiger partial charge in [0, 0.05) is 5.69 Å². The molecule has 3 N–H and O–H groups in total. The van der Waals surface area contributed by atoms with Crippen LogP contribution in [0.1, 0.15) is 21.5 Å². The van der Waals surface area contributed by atoms with Crippen LogP contribution in [0, 0.1) is 13.8 Å². The Bertz CT molecular complexity index is 742. The van der Waals surface area contributed by atoms with E-state index in [9.17, 15) is 9.59 Å². The van der Waals surface area contributed by atoms with Crippen molar-refractivity contribution in [2.24, 2.45) is 0 Å². The van der Waals surface area contributed by atoms with Gasteiger partial charge in [-0.1, -0.05) is 17.7 Å². The van der Waals surface area contributed by atoms with Gasteiger partial charge in [-0.25, -0.2) is 4.79 Å². The number of nitrogens with two attached hydrogens (primary N) is 1. The lowest BCUT2D eigenvalue weighted by Crippen LogP contribution is -2.32. The predicted octanol–water partition coefficient (Wildman–Crippen LogP) is 2.24. The Morgan fingerprint density at radius 2 is 1.80 bits per heavy atom. The van der Waals surface area contributed by atoms with Gasteiger partial charge in [-0.15, -0.1) is 0 Å². The van der Waals surface area contributed by atoms with Crippen molar-refractivity contribution < 1.29 is 19.1 Å². The summed E-state index contributed by atoms with van der Waals surface area (Å²) in [6.45, 7) is 4.31. The topological polar surface area (TPSA) is 90.6 Å². The number of carbonyl (C=O) groups excluding carboxylic acids is 2. The Kier molecular flexibility index (Phi) is 6.39. The van der Waals surface area contributed by atoms with Crippen molar-refractivity contribution in [2.75, 3.05) is 25.5 Å². The molecule has 2 aromatic rings. The molecule has 2 rings (SSSR count). The summed E-state index contributed by atoms with van der Waals surface area (Å²) in [5.74, 6) is -0.163. The van der Waals surface area contributed by atoms with Crippen LogP contribution in [0.15, 0.2) is 42.5 Å². The lowest BCUT2D eigenvalue weighted by atomic mass is 10.1. The second-order valence-corrected chi connectivity index (χ2v) is 5.67. The molecule has 6 nitrogen and oxygen atoms in total. The summed E-state index contributed by atoms with van der Waals surface area (Å²) < 4.78 is 10.6. The summed E-state index contributed by atoms with van der Waals surface area (Å²) in [7, 11) is 0. The number of nitrogen functional groups attached to an aromatic ring is 1. The number of aryl methyl sites for hydroxylation is 2. The number of ether oxygens (including phenoxy) is 2. The van der Waals surface area contributed by atoms with Gasteiger partial charge in [0.25, 0.3) is 5.91 Å². The molecule has 0 aliphatic carbocycles. The molecular formula is C19H22N2O4. The van der Waals surface area contributed by atoms with E-state index in [0.29, 0.717) is 24.4 Å². The summed E-state index contributed by atoms with van der Waals surface area (Å²) in [6.07, 6.45) is 0. The van der Waals surface area contributed by atoms with E-state index < -0.39 is 5.97 Å². The maximum Gasteiger partial charge on any atom is 0.338 e. The van der Waals surface area contributed by atoms with E-state index in [1.54, 1.807) is 24.3 Å². The van der Waals surface area contributed by atoms with E-state index in [1.165, 1.54) is 5.56 Å². The first kappa shape index (κ1) is 18.3. The predicted molar refractivity (Wildman–Crippen MR) is 95.6 cm³/mol. The minimum Gasteiger partial charge on any atom is -0.491 e. The molecule has 2 aromatic carbocycles. The average Bonchev–Trinajstić information content (AvgIpc) is 2.58. The van der Waals surface area contributed by atoms with Crippen molar-refractivity contribution in [3.63, 3.8) is 0 Å². The Morgan fingerprint density at radius 3 is 2.48 bits per heavy atom. The lowest BCUT2D eigenvalue weighted by Gasteiger charge is -2.10. The maximum atomic E-state index is 11.8. The van der Waals surface area contributed by atoms with Crippen molar-refractivity contribution in [1.82, 2.24) is 5.32 Å². The van der Waals surface area contributed by atoms with Crippen LogP contribution in [0.4, 0.5) is 5.69 Å². The normalized spacial score (nSPS) is 10.2. The van der Waals surface area contributed by atoms with Gasteiger partial charge in [-0.3, -0.25) is 4.79 Å². The third-order valence-electron chi connectivity index (χ3n) is 3.49. The summed E-state index contributed by atoms with van der Waals surface area (Å²) in [5, 5.41) is 2.64. The van der Waals surface area contributed by atoms with Crippen LogP contribution in [0.5, 0.6) is 5.75 Å². The third kappa shape index (κ3) is 5.84. The Balaban J connectivity index is 1.67. The minimum atomic E-state index is -0.568. The zero-order valence-corrected chi connectivity index (χ0v) is 14.4. The molecule has 132 valence electrons. The van der Waals surface area contributed by atoms with Gasteiger partial charge < -0.3 is 20.5 Å². The fraction of sp³-hybridized carbons (Fsp3) is 0.263. The van der Waals surface area contributed by atoms with E-state index in [0.717, 1.165) is 11.3 Å². The first-order valence-corrected chi connectivity index (χ1v) is 7.95. The maximum absolute atomic E-state index is 11.8. The Morgan fingerprint density at radius 1 is 1.08 bits per heavy atom. The standard InChI is InChI=1S/C19H22N2O4/c1-13-3-8-17(14(2)11-13)24-10-9-21-18(22)12-25-19(23)15-4-6-16(20)7-5-15/h3-8,11H,9-10,12,20H2,1-2H3,(H,21,22). The van der Waals surface area contributed by atoms with E-state index in [1.807, 2.05) is 32.0 Å². The summed E-state index contributed by atoms with van der Waals surface area (Å²) in [4.78, 5) is 23.5. The first-order chi connectivity index (χ1) is 12.0. The van der Waals surface area contributed by atoms with Gasteiger partial charge in [0.2, 0.25) is 0 Å². The second-order valence-electron chi connectivity index (χ2n) is 5.67. The molecule has 0 aliphatic rings. The Hall–Kier alpha value is -3.02. The number of hydrogen-bond acceptors (Lipinski definition) is 5. The monoisotopic (exact) mass is 342 g/mol. The average molecular weight is 342 g/mol. The molecule has 1 amide bonds. The van der Waals surface area contributed by atoms with Gasteiger partial charge >= 0.3 is 5.97 Å². The molecule has 0 saturated carbocycles. The number of esters is 1. The molecule has 0 spiro atoms. The number of amides is 1. The highest BCUT2D eigenvalue weighted by Gasteiger charge is 2.09. The van der Waals surface area contributed by atoms with Crippen LogP contribution in [0.3, 0.4) is 0 Å². The molecule has 0 aliphatic heterocycles. The highest BCUT2D eigenvalue weighted by Crippen LogP contribution is 2.18. The minimum absolute atomic E-state index is 0.325. The lowest BCUT2D eigenvalue weighted by molar-refractivity contribution is -0.124. The number of rotatable bonds is 7. The van der Waals surface area contributed by atoms with Crippen LogP contribution < -0.4 is 15.8 Å². The van der Waals surface area contributed by atoms with Crippen LogP contribution in [-0.2, 0) is 9.53 Å². The number of benzene rings is 2. The summed E-state index contributed by atoms with van der Waals surface area (Å²) in [6, 6.07) is 12.2. The summed E-state index contributed by atoms with van der Waals surface area (Å²) >= 11 is 0. The zero-order chi connectivity index (χ0) is 18.2. The fourth-order valence-corrected chi connectivity index (χ4v) is 2.20. The van der Waals surface area contributed by atoms with E-state index in [2.05, 4.69) is 5.32 Å². The number of nitrogens with one attached hydrogen (secondary N) is 1. The van der Waals surface area contributed by atoms with Crippen molar-refractivity contribution in [3.8, 4) is 5.75 Å². The molecule has 0 fully saturated rings. The third-order valence-corrected chi connectivity index (χ3v) is 3.49. The van der Waals surface area contributed by atoms with Crippen LogP contribution in [-0.4, -0.2) is 31.6 Å². The number of hydrogen-bond donors (Lipinski definition) is 2. The van der Waals surface area contributed by atoms with Crippen molar-refractivity contribution in [3.05, 3.63) is 59.2 Å². The Labute approximate surface area is 146 Å². The van der Waals surface area contributed by atoms with Crippen molar-refractivity contribution >= 4 is 17.6 Å². The van der Waals surface area contributed by atoms with Crippen molar-refractivity contribution in [1.29, 1.82) is 0 Å². The molecule has 0 unspecified atom stereocenters. The van der Waals surface area contributed by atoms with Gasteiger partial charge in [0.1, 0.15) is 12.4 Å². The largest absolute Gasteiger partial charge is 0.491 e. The van der Waals surface area contributed by atoms with Crippen LogP contribution in [0.25, 0.3) is 0 Å². The fourth-order valence-electron chi connectivity index (χ4n) is 2.20. The zero-order valence-electron chi connectivity index (χ0n) is 14.4. The number of anilines is 1. The smallest absolute Gasteiger partial charge is 0.338 e. The van der Waals surface area contributed by atoms with E-state index in [-0.39, 0.29) is 12.5 Å². The highest BCUT2D eigenvalue weighted by atomic mass is 16.5. The van der Waals surface area contributed by atoms with Crippen molar-refractivity contribution in [2.45, 2.75) is 13.8 Å². The van der Waals surface area contributed by atoms with Crippen LogP contribution in [0.2, 0.25) is 0 Å². The molecule has 0 bridgehead atoms. The molecule has 25 heavy (non-hydrogen) atoms. The van der Waals surface area contributed by atoms with Crippen LogP contribution >= 0.6 is 0 Å². The molecule has 0 aromatic heterocycles. The molecule has 0 saturated heterocycles. The SMILES string of the molecule is Cc1ccc(OCCNC(=O)COC(=O)c2ccc(N)cc2)c(C)c1. The highest BCUT2D eigenvalue weighted by molar-refractivity contribution is 5.91.